The highest BCUT2D eigenvalue weighted by atomic mass is 16.2. The molecule has 0 fully saturated rings. The molecule has 0 unspecified atom stereocenters. The predicted molar refractivity (Wildman–Crippen MR) is 50.3 cm³/mol. The molecule has 0 saturated heterocycles. The smallest absolute Gasteiger partial charge is 0.254 e. The van der Waals surface area contributed by atoms with Crippen molar-refractivity contribution in [3.05, 3.63) is 29.8 Å². The first-order valence-corrected chi connectivity index (χ1v) is 4.15. The molecule has 4 nitrogen and oxygen atoms in total. The van der Waals surface area contributed by atoms with Crippen molar-refractivity contribution < 1.29 is 4.79 Å². The van der Waals surface area contributed by atoms with Gasteiger partial charge in [0.1, 0.15) is 6.67 Å². The van der Waals surface area contributed by atoms with Crippen molar-refractivity contribution in [3.63, 3.8) is 0 Å². The number of benzene rings is 1. The van der Waals surface area contributed by atoms with Crippen molar-refractivity contribution in [2.75, 3.05) is 18.7 Å². The fraction of sp³-hybridized carbons (Fsp3) is 0.222. The second-order valence-electron chi connectivity index (χ2n) is 2.83. The molecule has 68 valence electrons. The fourth-order valence-corrected chi connectivity index (χ4v) is 1.43. The molecule has 2 rings (SSSR count). The van der Waals surface area contributed by atoms with E-state index >= 15 is 0 Å². The Morgan fingerprint density at radius 2 is 2.23 bits per heavy atom. The molecule has 0 bridgehead atoms. The van der Waals surface area contributed by atoms with E-state index in [1.54, 1.807) is 0 Å². The van der Waals surface area contributed by atoms with E-state index in [4.69, 9.17) is 0 Å². The summed E-state index contributed by atoms with van der Waals surface area (Å²) in [6, 6.07) is 7.51. The van der Waals surface area contributed by atoms with Crippen LogP contribution in [0.15, 0.2) is 24.3 Å². The highest BCUT2D eigenvalue weighted by molar-refractivity contribution is 6.01. The van der Waals surface area contributed by atoms with Gasteiger partial charge in [-0.1, -0.05) is 12.1 Å². The Hall–Kier alpha value is -1.55. The largest absolute Gasteiger partial charge is 0.333 e. The van der Waals surface area contributed by atoms with E-state index in [0.29, 0.717) is 12.2 Å². The van der Waals surface area contributed by atoms with Gasteiger partial charge in [-0.25, -0.2) is 5.43 Å². The molecule has 0 saturated carbocycles. The molecular weight excluding hydrogens is 166 g/mol. The van der Waals surface area contributed by atoms with E-state index in [-0.39, 0.29) is 5.91 Å². The zero-order chi connectivity index (χ0) is 9.26. The maximum Gasteiger partial charge on any atom is 0.254 e. The lowest BCUT2D eigenvalue weighted by atomic mass is 10.1. The summed E-state index contributed by atoms with van der Waals surface area (Å²) in [6.07, 6.45) is 0. The van der Waals surface area contributed by atoms with Gasteiger partial charge < -0.3 is 5.32 Å². The number of carbonyl (C=O) groups excluding carboxylic acids is 1. The first-order chi connectivity index (χ1) is 6.33. The van der Waals surface area contributed by atoms with Crippen LogP contribution in [0.1, 0.15) is 10.4 Å². The highest BCUT2D eigenvalue weighted by Crippen LogP contribution is 2.20. The van der Waals surface area contributed by atoms with E-state index in [1.807, 2.05) is 36.3 Å². The van der Waals surface area contributed by atoms with Crippen molar-refractivity contribution in [2.45, 2.75) is 0 Å². The number of nitrogens with one attached hydrogen (secondary N) is 2. The summed E-state index contributed by atoms with van der Waals surface area (Å²) < 4.78 is 0. The number of hydrogen-bond donors (Lipinski definition) is 2. The minimum Gasteiger partial charge on any atom is -0.333 e. The van der Waals surface area contributed by atoms with Crippen LogP contribution in [0.4, 0.5) is 5.69 Å². The summed E-state index contributed by atoms with van der Waals surface area (Å²) in [7, 11) is 1.83. The second-order valence-corrected chi connectivity index (χ2v) is 2.83. The van der Waals surface area contributed by atoms with Gasteiger partial charge in [-0.2, -0.15) is 0 Å². The van der Waals surface area contributed by atoms with E-state index in [1.165, 1.54) is 0 Å². The SMILES string of the molecule is CNN1CNC(=O)c2ccccc21. The molecule has 0 aromatic heterocycles. The molecule has 1 heterocycles. The molecule has 1 aromatic carbocycles. The number of para-hydroxylation sites is 1. The van der Waals surface area contributed by atoms with Crippen molar-refractivity contribution in [2.24, 2.45) is 0 Å². The Bertz CT molecular complexity index is 337. The van der Waals surface area contributed by atoms with Crippen LogP contribution in [-0.2, 0) is 0 Å². The summed E-state index contributed by atoms with van der Waals surface area (Å²) in [4.78, 5) is 11.4. The van der Waals surface area contributed by atoms with Crippen LogP contribution < -0.4 is 15.8 Å². The summed E-state index contributed by atoms with van der Waals surface area (Å²) >= 11 is 0. The molecule has 1 aliphatic heterocycles. The lowest BCUT2D eigenvalue weighted by Gasteiger charge is -2.29. The number of fused-ring (bicyclic) bond motifs is 1. The lowest BCUT2D eigenvalue weighted by Crippen LogP contribution is -2.48. The van der Waals surface area contributed by atoms with Gasteiger partial charge in [-0.15, -0.1) is 0 Å². The summed E-state index contributed by atoms with van der Waals surface area (Å²) in [5.41, 5.74) is 4.64. The number of carbonyl (C=O) groups is 1. The molecule has 0 aliphatic carbocycles. The number of nitrogens with zero attached hydrogens (tertiary/aromatic N) is 1. The number of amides is 1. The van der Waals surface area contributed by atoms with Gasteiger partial charge in [0, 0.05) is 7.05 Å². The number of rotatable bonds is 1. The Morgan fingerprint density at radius 3 is 3.00 bits per heavy atom. The van der Waals surface area contributed by atoms with Gasteiger partial charge >= 0.3 is 0 Å². The average molecular weight is 177 g/mol. The zero-order valence-corrected chi connectivity index (χ0v) is 7.37. The normalized spacial score (nSPS) is 15.2. The standard InChI is InChI=1S/C9H11N3O/c1-10-12-6-11-9(13)7-4-2-3-5-8(7)12/h2-5,10H,6H2,1H3,(H,11,13). The van der Waals surface area contributed by atoms with Gasteiger partial charge in [0.2, 0.25) is 0 Å². The van der Waals surface area contributed by atoms with Crippen molar-refractivity contribution in [1.29, 1.82) is 0 Å². The maximum absolute atomic E-state index is 11.4. The van der Waals surface area contributed by atoms with E-state index in [0.717, 1.165) is 5.69 Å². The molecule has 2 N–H and O–H groups in total. The minimum absolute atomic E-state index is 0.0119. The minimum atomic E-state index is -0.0119. The molecular formula is C9H11N3O. The first kappa shape index (κ1) is 8.07. The Labute approximate surface area is 76.5 Å². The molecule has 1 aliphatic rings. The maximum atomic E-state index is 11.4. The van der Waals surface area contributed by atoms with Gasteiger partial charge in [0.25, 0.3) is 5.91 Å². The fourth-order valence-electron chi connectivity index (χ4n) is 1.43. The zero-order valence-electron chi connectivity index (χ0n) is 7.37. The van der Waals surface area contributed by atoms with Crippen LogP contribution in [0.5, 0.6) is 0 Å². The third-order valence-corrected chi connectivity index (χ3v) is 2.11. The van der Waals surface area contributed by atoms with E-state index in [9.17, 15) is 4.79 Å². The molecule has 1 amide bonds. The first-order valence-electron chi connectivity index (χ1n) is 4.15. The van der Waals surface area contributed by atoms with Crippen molar-refractivity contribution in [1.82, 2.24) is 10.7 Å². The monoisotopic (exact) mass is 177 g/mol. The molecule has 4 heteroatoms. The lowest BCUT2D eigenvalue weighted by molar-refractivity contribution is 0.0946. The van der Waals surface area contributed by atoms with Crippen LogP contribution in [0.2, 0.25) is 0 Å². The van der Waals surface area contributed by atoms with Crippen molar-refractivity contribution in [3.8, 4) is 0 Å². The van der Waals surface area contributed by atoms with Gasteiger partial charge in [0.05, 0.1) is 11.3 Å². The average Bonchev–Trinajstić information content (AvgIpc) is 2.19. The van der Waals surface area contributed by atoms with Crippen LogP contribution in [0.25, 0.3) is 0 Å². The molecule has 0 atom stereocenters. The van der Waals surface area contributed by atoms with Gasteiger partial charge in [-0.3, -0.25) is 9.80 Å². The van der Waals surface area contributed by atoms with Gasteiger partial charge in [0.15, 0.2) is 0 Å². The molecule has 1 aromatic rings. The summed E-state index contributed by atoms with van der Waals surface area (Å²) in [5, 5.41) is 4.65. The van der Waals surface area contributed by atoms with Crippen LogP contribution in [0, 0.1) is 0 Å². The quantitative estimate of drug-likeness (QED) is 0.649. The van der Waals surface area contributed by atoms with E-state index < -0.39 is 0 Å². The topological polar surface area (TPSA) is 44.4 Å². The Balaban J connectivity index is 2.47. The van der Waals surface area contributed by atoms with Crippen molar-refractivity contribution >= 4 is 11.6 Å². The molecule has 0 spiro atoms. The summed E-state index contributed by atoms with van der Waals surface area (Å²) in [6.45, 7) is 0.506. The summed E-state index contributed by atoms with van der Waals surface area (Å²) in [5.74, 6) is -0.0119. The second kappa shape index (κ2) is 3.06. The number of hydrogen-bond acceptors (Lipinski definition) is 3. The van der Waals surface area contributed by atoms with Crippen LogP contribution >= 0.6 is 0 Å². The highest BCUT2D eigenvalue weighted by Gasteiger charge is 2.20. The predicted octanol–water partition coefficient (Wildman–Crippen LogP) is 0.328. The molecule has 13 heavy (non-hydrogen) atoms. The van der Waals surface area contributed by atoms with Crippen LogP contribution in [-0.4, -0.2) is 19.6 Å². The van der Waals surface area contributed by atoms with Gasteiger partial charge in [-0.05, 0) is 12.1 Å². The third-order valence-electron chi connectivity index (χ3n) is 2.11. The number of hydrazine groups is 1. The van der Waals surface area contributed by atoms with E-state index in [2.05, 4.69) is 10.7 Å². The molecule has 0 radical (unpaired) electrons. The Morgan fingerprint density at radius 1 is 1.46 bits per heavy atom. The third kappa shape index (κ3) is 1.25. The van der Waals surface area contributed by atoms with Crippen LogP contribution in [0.3, 0.4) is 0 Å². The number of anilines is 1. The Kier molecular flexibility index (Phi) is 1.90.